The maximum atomic E-state index is 11.0. The molecule has 0 aromatic heterocycles. The van der Waals surface area contributed by atoms with Gasteiger partial charge in [-0.1, -0.05) is 0 Å². The largest absolute Gasteiger partial charge is 0.481 e. The van der Waals surface area contributed by atoms with Gasteiger partial charge in [0.1, 0.15) is 5.92 Å². The normalized spacial score (nSPS) is 13.5. The van der Waals surface area contributed by atoms with E-state index in [4.69, 9.17) is 9.94 Å². The molecule has 0 radical (unpaired) electrons. The van der Waals surface area contributed by atoms with Crippen molar-refractivity contribution in [1.29, 1.82) is 0 Å². The highest BCUT2D eigenvalue weighted by Gasteiger charge is 2.22. The number of carbonyl (C=O) groups excluding carboxylic acids is 1. The molecule has 0 aliphatic heterocycles. The van der Waals surface area contributed by atoms with E-state index in [0.717, 1.165) is 0 Å². The molecule has 1 amide bonds. The topological polar surface area (TPSA) is 75.6 Å². The SMILES string of the molecule is CC(C(=O)O)C(=O)NOC(C)(C)C. The Morgan fingerprint density at radius 3 is 2.15 bits per heavy atom. The van der Waals surface area contributed by atoms with Crippen LogP contribution in [0.1, 0.15) is 27.7 Å². The number of amides is 1. The lowest BCUT2D eigenvalue weighted by Gasteiger charge is -2.19. The Labute approximate surface area is 77.0 Å². The predicted octanol–water partition coefficient (Wildman–Crippen LogP) is 0.553. The summed E-state index contributed by atoms with van der Waals surface area (Å²) in [5, 5.41) is 8.47. The Balaban J connectivity index is 3.96. The minimum atomic E-state index is -1.17. The molecule has 0 saturated heterocycles. The fraction of sp³-hybridized carbons (Fsp3) is 0.750. The smallest absolute Gasteiger partial charge is 0.315 e. The standard InChI is InChI=1S/C8H15NO4/c1-5(7(11)12)6(10)9-13-8(2,3)4/h5H,1-4H3,(H,9,10)(H,11,12). The van der Waals surface area contributed by atoms with Gasteiger partial charge in [0, 0.05) is 0 Å². The van der Waals surface area contributed by atoms with Gasteiger partial charge in [0.2, 0.25) is 0 Å². The number of aliphatic carboxylic acids is 1. The molecule has 0 fully saturated rings. The summed E-state index contributed by atoms with van der Waals surface area (Å²) < 4.78 is 0. The summed E-state index contributed by atoms with van der Waals surface area (Å²) >= 11 is 0. The third-order valence-electron chi connectivity index (χ3n) is 1.22. The van der Waals surface area contributed by atoms with E-state index in [1.54, 1.807) is 20.8 Å². The number of carboxylic acids is 1. The molecule has 1 unspecified atom stereocenters. The van der Waals surface area contributed by atoms with Crippen molar-refractivity contribution in [3.63, 3.8) is 0 Å². The molecule has 0 aliphatic rings. The average Bonchev–Trinajstić information content (AvgIpc) is 1.97. The van der Waals surface area contributed by atoms with Crippen molar-refractivity contribution in [1.82, 2.24) is 5.48 Å². The van der Waals surface area contributed by atoms with Gasteiger partial charge >= 0.3 is 5.97 Å². The van der Waals surface area contributed by atoms with E-state index < -0.39 is 23.4 Å². The van der Waals surface area contributed by atoms with Gasteiger partial charge in [-0.15, -0.1) is 0 Å². The van der Waals surface area contributed by atoms with Gasteiger partial charge in [0.05, 0.1) is 5.60 Å². The summed E-state index contributed by atoms with van der Waals surface area (Å²) in [4.78, 5) is 26.3. The quantitative estimate of drug-likeness (QED) is 0.502. The third-order valence-corrected chi connectivity index (χ3v) is 1.22. The zero-order valence-corrected chi connectivity index (χ0v) is 8.25. The number of hydroxylamine groups is 1. The Kier molecular flexibility index (Phi) is 3.87. The van der Waals surface area contributed by atoms with Crippen LogP contribution in [0, 0.1) is 5.92 Å². The Morgan fingerprint density at radius 1 is 1.38 bits per heavy atom. The van der Waals surface area contributed by atoms with Crippen LogP contribution in [0.3, 0.4) is 0 Å². The van der Waals surface area contributed by atoms with E-state index >= 15 is 0 Å². The highest BCUT2D eigenvalue weighted by atomic mass is 16.7. The minimum absolute atomic E-state index is 0.520. The zero-order chi connectivity index (χ0) is 10.6. The lowest BCUT2D eigenvalue weighted by molar-refractivity contribution is -0.157. The van der Waals surface area contributed by atoms with Crippen LogP contribution in [0.15, 0.2) is 0 Å². The first-order chi connectivity index (χ1) is 5.74. The van der Waals surface area contributed by atoms with Gasteiger partial charge in [-0.05, 0) is 27.7 Å². The average molecular weight is 189 g/mol. The van der Waals surface area contributed by atoms with Crippen LogP contribution in [-0.4, -0.2) is 22.6 Å². The first-order valence-corrected chi connectivity index (χ1v) is 3.94. The molecule has 0 aliphatic carbocycles. The summed E-state index contributed by atoms with van der Waals surface area (Å²) in [6.45, 7) is 6.54. The second kappa shape index (κ2) is 4.23. The van der Waals surface area contributed by atoms with Crippen LogP contribution in [0.4, 0.5) is 0 Å². The highest BCUT2D eigenvalue weighted by Crippen LogP contribution is 2.04. The van der Waals surface area contributed by atoms with Gasteiger partial charge in [-0.25, -0.2) is 5.48 Å². The molecule has 0 bridgehead atoms. The van der Waals surface area contributed by atoms with Gasteiger partial charge in [-0.3, -0.25) is 14.4 Å². The van der Waals surface area contributed by atoms with Crippen LogP contribution >= 0.6 is 0 Å². The van der Waals surface area contributed by atoms with Crippen LogP contribution < -0.4 is 5.48 Å². The van der Waals surface area contributed by atoms with Crippen molar-refractivity contribution < 1.29 is 19.5 Å². The summed E-state index contributed by atoms with van der Waals surface area (Å²) in [5.41, 5.74) is 1.56. The highest BCUT2D eigenvalue weighted by molar-refractivity contribution is 5.95. The molecule has 0 saturated carbocycles. The Morgan fingerprint density at radius 2 is 1.85 bits per heavy atom. The summed E-state index contributed by atoms with van der Waals surface area (Å²) in [7, 11) is 0. The van der Waals surface area contributed by atoms with Crippen molar-refractivity contribution in [2.45, 2.75) is 33.3 Å². The van der Waals surface area contributed by atoms with Crippen LogP contribution in [0.2, 0.25) is 0 Å². The number of carbonyl (C=O) groups is 2. The molecule has 5 heteroatoms. The molecular formula is C8H15NO4. The van der Waals surface area contributed by atoms with E-state index in [9.17, 15) is 9.59 Å². The van der Waals surface area contributed by atoms with Crippen LogP contribution in [-0.2, 0) is 14.4 Å². The van der Waals surface area contributed by atoms with Gasteiger partial charge in [0.15, 0.2) is 0 Å². The van der Waals surface area contributed by atoms with Gasteiger partial charge < -0.3 is 5.11 Å². The molecule has 76 valence electrons. The van der Waals surface area contributed by atoms with E-state index in [-0.39, 0.29) is 0 Å². The molecule has 0 rings (SSSR count). The van der Waals surface area contributed by atoms with Crippen molar-refractivity contribution in [3.05, 3.63) is 0 Å². The molecule has 0 spiro atoms. The number of carboxylic acid groups (broad SMARTS) is 1. The Bertz CT molecular complexity index is 207. The molecule has 0 aromatic rings. The number of hydrogen-bond donors (Lipinski definition) is 2. The lowest BCUT2D eigenvalue weighted by atomic mass is 10.2. The molecule has 13 heavy (non-hydrogen) atoms. The second-order valence-corrected chi connectivity index (χ2v) is 3.74. The molecule has 0 aromatic carbocycles. The van der Waals surface area contributed by atoms with Crippen LogP contribution in [0.25, 0.3) is 0 Å². The zero-order valence-electron chi connectivity index (χ0n) is 8.25. The van der Waals surface area contributed by atoms with Gasteiger partial charge in [0.25, 0.3) is 5.91 Å². The molecule has 5 nitrogen and oxygen atoms in total. The first-order valence-electron chi connectivity index (χ1n) is 3.94. The van der Waals surface area contributed by atoms with E-state index in [1.165, 1.54) is 6.92 Å². The fourth-order valence-corrected chi connectivity index (χ4v) is 0.404. The second-order valence-electron chi connectivity index (χ2n) is 3.74. The summed E-state index contributed by atoms with van der Waals surface area (Å²) in [5.74, 6) is -2.92. The first kappa shape index (κ1) is 11.9. The van der Waals surface area contributed by atoms with E-state index in [1.807, 2.05) is 0 Å². The fourth-order valence-electron chi connectivity index (χ4n) is 0.404. The maximum absolute atomic E-state index is 11.0. The predicted molar refractivity (Wildman–Crippen MR) is 45.8 cm³/mol. The Hall–Kier alpha value is -1.10. The van der Waals surface area contributed by atoms with Crippen LogP contribution in [0.5, 0.6) is 0 Å². The summed E-state index contributed by atoms with van der Waals surface area (Å²) in [6, 6.07) is 0. The lowest BCUT2D eigenvalue weighted by Crippen LogP contribution is -2.38. The molecular weight excluding hydrogens is 174 g/mol. The van der Waals surface area contributed by atoms with E-state index in [2.05, 4.69) is 5.48 Å². The minimum Gasteiger partial charge on any atom is -0.481 e. The van der Waals surface area contributed by atoms with E-state index in [0.29, 0.717) is 0 Å². The summed E-state index contributed by atoms with van der Waals surface area (Å²) in [6.07, 6.45) is 0. The molecule has 1 atom stereocenters. The number of hydrogen-bond acceptors (Lipinski definition) is 3. The van der Waals surface area contributed by atoms with Crippen molar-refractivity contribution in [3.8, 4) is 0 Å². The maximum Gasteiger partial charge on any atom is 0.315 e. The third kappa shape index (κ3) is 5.19. The monoisotopic (exact) mass is 189 g/mol. The van der Waals surface area contributed by atoms with Crippen molar-refractivity contribution in [2.75, 3.05) is 0 Å². The van der Waals surface area contributed by atoms with Crippen molar-refractivity contribution in [2.24, 2.45) is 5.92 Å². The van der Waals surface area contributed by atoms with Gasteiger partial charge in [-0.2, -0.15) is 0 Å². The number of nitrogens with one attached hydrogen (secondary N) is 1. The molecule has 0 heterocycles. The van der Waals surface area contributed by atoms with Crippen molar-refractivity contribution >= 4 is 11.9 Å². The molecule has 2 N–H and O–H groups in total. The number of rotatable bonds is 3.